The summed E-state index contributed by atoms with van der Waals surface area (Å²) >= 11 is 1.42. The van der Waals surface area contributed by atoms with Gasteiger partial charge in [-0.25, -0.2) is 0 Å². The van der Waals surface area contributed by atoms with Crippen LogP contribution >= 0.6 is 11.3 Å². The Kier molecular flexibility index (Phi) is 5.98. The van der Waals surface area contributed by atoms with Gasteiger partial charge < -0.3 is 16.2 Å². The zero-order chi connectivity index (χ0) is 14.4. The van der Waals surface area contributed by atoms with Crippen LogP contribution in [0.4, 0.5) is 0 Å². The molecule has 1 unspecified atom stereocenters. The van der Waals surface area contributed by atoms with Gasteiger partial charge in [0, 0.05) is 4.88 Å². The molecule has 0 radical (unpaired) electrons. The second-order valence-corrected chi connectivity index (χ2v) is 5.89. The maximum absolute atomic E-state index is 11.9. The molecule has 1 rings (SSSR count). The van der Waals surface area contributed by atoms with Crippen molar-refractivity contribution < 1.29 is 14.7 Å². The van der Waals surface area contributed by atoms with E-state index in [4.69, 9.17) is 10.8 Å². The van der Waals surface area contributed by atoms with Crippen molar-refractivity contribution in [2.24, 2.45) is 11.7 Å². The van der Waals surface area contributed by atoms with Gasteiger partial charge in [0.1, 0.15) is 0 Å². The predicted octanol–water partition coefficient (Wildman–Crippen LogP) is 1.75. The summed E-state index contributed by atoms with van der Waals surface area (Å²) in [7, 11) is 0. The van der Waals surface area contributed by atoms with Crippen LogP contribution in [0.15, 0.2) is 17.5 Å². The average molecular weight is 284 g/mol. The number of carboxylic acid groups (broad SMARTS) is 1. The third kappa shape index (κ3) is 5.40. The molecule has 1 aromatic heterocycles. The molecule has 106 valence electrons. The number of nitrogens with two attached hydrogens (primary N) is 1. The molecule has 6 heteroatoms. The third-order valence-electron chi connectivity index (χ3n) is 2.64. The average Bonchev–Trinajstić information content (AvgIpc) is 2.79. The fourth-order valence-electron chi connectivity index (χ4n) is 1.78. The van der Waals surface area contributed by atoms with E-state index in [2.05, 4.69) is 5.32 Å². The van der Waals surface area contributed by atoms with E-state index in [0.29, 0.717) is 12.3 Å². The molecule has 2 atom stereocenters. The molecule has 0 fully saturated rings. The number of carboxylic acids is 1. The smallest absolute Gasteiger partial charge is 0.305 e. The maximum atomic E-state index is 11.9. The van der Waals surface area contributed by atoms with Crippen LogP contribution < -0.4 is 11.1 Å². The Bertz CT molecular complexity index is 418. The number of rotatable bonds is 7. The van der Waals surface area contributed by atoms with Gasteiger partial charge >= 0.3 is 5.97 Å². The van der Waals surface area contributed by atoms with Crippen molar-refractivity contribution in [1.29, 1.82) is 0 Å². The second kappa shape index (κ2) is 7.25. The molecule has 0 bridgehead atoms. The molecule has 0 aliphatic carbocycles. The Morgan fingerprint density at radius 1 is 1.47 bits per heavy atom. The molecule has 4 N–H and O–H groups in total. The summed E-state index contributed by atoms with van der Waals surface area (Å²) in [4.78, 5) is 23.6. The number of thiophene rings is 1. The van der Waals surface area contributed by atoms with Gasteiger partial charge in [0.25, 0.3) is 0 Å². The van der Waals surface area contributed by atoms with E-state index in [1.165, 1.54) is 11.3 Å². The predicted molar refractivity (Wildman–Crippen MR) is 74.9 cm³/mol. The minimum absolute atomic E-state index is 0.138. The molecule has 19 heavy (non-hydrogen) atoms. The number of aliphatic carboxylic acids is 1. The van der Waals surface area contributed by atoms with Gasteiger partial charge in [-0.2, -0.15) is 0 Å². The van der Waals surface area contributed by atoms with E-state index < -0.39 is 18.1 Å². The Labute approximate surface area is 116 Å². The Hall–Kier alpha value is -1.40. The lowest BCUT2D eigenvalue weighted by atomic mass is 10.0. The summed E-state index contributed by atoms with van der Waals surface area (Å²) in [5, 5.41) is 13.5. The van der Waals surface area contributed by atoms with Gasteiger partial charge in [0.15, 0.2) is 0 Å². The molecule has 1 amide bonds. The first-order valence-corrected chi connectivity index (χ1v) is 7.09. The number of carbonyl (C=O) groups excluding carboxylic acids is 1. The number of hydrogen-bond acceptors (Lipinski definition) is 4. The molecule has 1 heterocycles. The molecule has 0 aromatic carbocycles. The van der Waals surface area contributed by atoms with Crippen LogP contribution in [0, 0.1) is 5.92 Å². The standard InChI is InChI=1S/C13H20N2O3S/c1-8(2)6-9(14)13(18)15-10(7-12(16)17)11-4-3-5-19-11/h3-5,8-10H,6-7,14H2,1-2H3,(H,15,18)(H,16,17)/t9-,10?/m1/s1. The Balaban J connectivity index is 2.67. The summed E-state index contributed by atoms with van der Waals surface area (Å²) in [5.74, 6) is -0.926. The van der Waals surface area contributed by atoms with E-state index in [1.807, 2.05) is 31.4 Å². The van der Waals surface area contributed by atoms with Crippen molar-refractivity contribution in [3.05, 3.63) is 22.4 Å². The minimum atomic E-state index is -0.948. The first-order valence-electron chi connectivity index (χ1n) is 6.21. The summed E-state index contributed by atoms with van der Waals surface area (Å²) < 4.78 is 0. The lowest BCUT2D eigenvalue weighted by Gasteiger charge is -2.19. The molecule has 0 saturated heterocycles. The molecular formula is C13H20N2O3S. The first-order chi connectivity index (χ1) is 8.90. The van der Waals surface area contributed by atoms with Crippen LogP contribution in [0.2, 0.25) is 0 Å². The fraction of sp³-hybridized carbons (Fsp3) is 0.538. The Morgan fingerprint density at radius 2 is 2.16 bits per heavy atom. The fourth-order valence-corrected chi connectivity index (χ4v) is 2.56. The molecule has 1 aromatic rings. The van der Waals surface area contributed by atoms with Gasteiger partial charge in [0.05, 0.1) is 18.5 Å². The normalized spacial score (nSPS) is 14.1. The summed E-state index contributed by atoms with van der Waals surface area (Å²) in [6.45, 7) is 3.97. The van der Waals surface area contributed by atoms with Crippen LogP contribution in [0.3, 0.4) is 0 Å². The topological polar surface area (TPSA) is 92.4 Å². The van der Waals surface area contributed by atoms with Crippen LogP contribution in [0.25, 0.3) is 0 Å². The maximum Gasteiger partial charge on any atom is 0.305 e. The number of carbonyl (C=O) groups is 2. The van der Waals surface area contributed by atoms with E-state index in [-0.39, 0.29) is 12.3 Å². The second-order valence-electron chi connectivity index (χ2n) is 4.91. The highest BCUT2D eigenvalue weighted by Crippen LogP contribution is 2.22. The molecule has 0 saturated carbocycles. The molecule has 0 aliphatic rings. The summed E-state index contributed by atoms with van der Waals surface area (Å²) in [6.07, 6.45) is 0.441. The van der Waals surface area contributed by atoms with Crippen LogP contribution in [-0.2, 0) is 9.59 Å². The van der Waals surface area contributed by atoms with Gasteiger partial charge in [-0.05, 0) is 23.8 Å². The van der Waals surface area contributed by atoms with Crippen molar-refractivity contribution >= 4 is 23.2 Å². The van der Waals surface area contributed by atoms with Gasteiger partial charge in [-0.15, -0.1) is 11.3 Å². The monoisotopic (exact) mass is 284 g/mol. The van der Waals surface area contributed by atoms with E-state index in [0.717, 1.165) is 4.88 Å². The van der Waals surface area contributed by atoms with Gasteiger partial charge in [-0.3, -0.25) is 9.59 Å². The van der Waals surface area contributed by atoms with E-state index in [1.54, 1.807) is 0 Å². The third-order valence-corrected chi connectivity index (χ3v) is 3.63. The zero-order valence-corrected chi connectivity index (χ0v) is 11.9. The van der Waals surface area contributed by atoms with E-state index >= 15 is 0 Å². The largest absolute Gasteiger partial charge is 0.481 e. The van der Waals surface area contributed by atoms with Gasteiger partial charge in [-0.1, -0.05) is 19.9 Å². The minimum Gasteiger partial charge on any atom is -0.481 e. The molecule has 5 nitrogen and oxygen atoms in total. The molecule has 0 spiro atoms. The molecule has 0 aliphatic heterocycles. The summed E-state index contributed by atoms with van der Waals surface area (Å²) in [6, 6.07) is 2.53. The lowest BCUT2D eigenvalue weighted by Crippen LogP contribution is -2.43. The van der Waals surface area contributed by atoms with Crippen molar-refractivity contribution in [3.63, 3.8) is 0 Å². The lowest BCUT2D eigenvalue weighted by molar-refractivity contribution is -0.137. The SMILES string of the molecule is CC(C)C[C@@H](N)C(=O)NC(CC(=O)O)c1cccs1. The van der Waals surface area contributed by atoms with Crippen molar-refractivity contribution in [2.75, 3.05) is 0 Å². The van der Waals surface area contributed by atoms with Crippen molar-refractivity contribution in [3.8, 4) is 0 Å². The highest BCUT2D eigenvalue weighted by atomic mass is 32.1. The van der Waals surface area contributed by atoms with Gasteiger partial charge in [0.2, 0.25) is 5.91 Å². The number of nitrogens with one attached hydrogen (secondary N) is 1. The van der Waals surface area contributed by atoms with Crippen molar-refractivity contribution in [2.45, 2.75) is 38.8 Å². The van der Waals surface area contributed by atoms with Crippen molar-refractivity contribution in [1.82, 2.24) is 5.32 Å². The zero-order valence-electron chi connectivity index (χ0n) is 11.1. The molecular weight excluding hydrogens is 264 g/mol. The quantitative estimate of drug-likeness (QED) is 0.711. The van der Waals surface area contributed by atoms with Crippen LogP contribution in [0.5, 0.6) is 0 Å². The van der Waals surface area contributed by atoms with E-state index in [9.17, 15) is 9.59 Å². The number of hydrogen-bond donors (Lipinski definition) is 3. The summed E-state index contributed by atoms with van der Waals surface area (Å²) in [5.41, 5.74) is 5.79. The van der Waals surface area contributed by atoms with Crippen LogP contribution in [0.1, 0.15) is 37.6 Å². The Morgan fingerprint density at radius 3 is 2.63 bits per heavy atom. The first kappa shape index (κ1) is 15.7. The highest BCUT2D eigenvalue weighted by molar-refractivity contribution is 7.10. The highest BCUT2D eigenvalue weighted by Gasteiger charge is 2.22. The number of amides is 1. The van der Waals surface area contributed by atoms with Crippen LogP contribution in [-0.4, -0.2) is 23.0 Å².